The minimum Gasteiger partial charge on any atom is -0.496 e. The molecule has 2 aromatic carbocycles. The van der Waals surface area contributed by atoms with Gasteiger partial charge in [-0.05, 0) is 37.1 Å². The number of hydrogen-bond acceptors (Lipinski definition) is 4. The van der Waals surface area contributed by atoms with Crippen LogP contribution in [0.15, 0.2) is 48.5 Å². The largest absolute Gasteiger partial charge is 0.496 e. The first kappa shape index (κ1) is 16.3. The lowest BCUT2D eigenvalue weighted by Crippen LogP contribution is -2.47. The van der Waals surface area contributed by atoms with Crippen LogP contribution in [0.25, 0.3) is 0 Å². The fraction of sp³-hybridized carbons (Fsp3) is 0.250. The maximum absolute atomic E-state index is 13.3. The van der Waals surface area contributed by atoms with Crippen molar-refractivity contribution in [2.45, 2.75) is 18.9 Å². The highest BCUT2D eigenvalue weighted by molar-refractivity contribution is 6.26. The van der Waals surface area contributed by atoms with Crippen molar-refractivity contribution in [2.75, 3.05) is 18.6 Å². The number of hydrogen-bond donors (Lipinski definition) is 0. The van der Waals surface area contributed by atoms with E-state index in [1.54, 1.807) is 53.4 Å². The van der Waals surface area contributed by atoms with E-state index >= 15 is 0 Å². The molecule has 4 rings (SSSR count). The van der Waals surface area contributed by atoms with Crippen LogP contribution in [0.4, 0.5) is 5.69 Å². The minimum absolute atomic E-state index is 0.202. The third-order valence-electron chi connectivity index (χ3n) is 4.93. The Labute approximate surface area is 151 Å². The summed E-state index contributed by atoms with van der Waals surface area (Å²) in [6.07, 6.45) is 1.31. The molecule has 0 saturated carbocycles. The molecular weight excluding hydrogens is 332 g/mol. The lowest BCUT2D eigenvalue weighted by atomic mass is 10.1. The Kier molecular flexibility index (Phi) is 3.95. The Bertz CT molecular complexity index is 908. The van der Waals surface area contributed by atoms with E-state index < -0.39 is 11.9 Å². The molecule has 2 aliphatic heterocycles. The second-order valence-corrected chi connectivity index (χ2v) is 6.35. The summed E-state index contributed by atoms with van der Waals surface area (Å²) in [5, 5.41) is 0. The van der Waals surface area contributed by atoms with Crippen molar-refractivity contribution in [3.05, 3.63) is 59.7 Å². The quantitative estimate of drug-likeness (QED) is 0.781. The van der Waals surface area contributed by atoms with Gasteiger partial charge in [-0.3, -0.25) is 14.4 Å². The molecule has 0 spiro atoms. The van der Waals surface area contributed by atoms with Crippen LogP contribution >= 0.6 is 0 Å². The van der Waals surface area contributed by atoms with Gasteiger partial charge in [0.25, 0.3) is 17.7 Å². The van der Waals surface area contributed by atoms with Crippen molar-refractivity contribution in [1.82, 2.24) is 4.90 Å². The van der Waals surface area contributed by atoms with Crippen molar-refractivity contribution < 1.29 is 19.1 Å². The summed E-state index contributed by atoms with van der Waals surface area (Å²) in [5.74, 6) is -0.661. The third-order valence-corrected chi connectivity index (χ3v) is 4.93. The highest BCUT2D eigenvalue weighted by Crippen LogP contribution is 2.34. The van der Waals surface area contributed by atoms with Crippen LogP contribution < -0.4 is 9.64 Å². The summed E-state index contributed by atoms with van der Waals surface area (Å²) >= 11 is 0. The summed E-state index contributed by atoms with van der Waals surface area (Å²) < 4.78 is 5.28. The van der Waals surface area contributed by atoms with Gasteiger partial charge in [0.15, 0.2) is 0 Å². The normalized spacial score (nSPS) is 19.0. The standard InChI is InChI=1S/C20H18N2O4/c1-26-17-11-5-3-8-14(17)19(24)22-15-9-4-2-7-13(15)18(23)21-12-6-10-16(21)20(22)25/h2-5,7-9,11,16H,6,10,12H2,1H3/t16-/m0/s1. The summed E-state index contributed by atoms with van der Waals surface area (Å²) in [7, 11) is 1.48. The van der Waals surface area contributed by atoms with Gasteiger partial charge in [-0.25, -0.2) is 4.90 Å². The summed E-state index contributed by atoms with van der Waals surface area (Å²) in [6, 6.07) is 12.9. The molecule has 6 heteroatoms. The number of fused-ring (bicyclic) bond motifs is 2. The van der Waals surface area contributed by atoms with E-state index in [2.05, 4.69) is 0 Å². The Balaban J connectivity index is 1.88. The molecule has 2 heterocycles. The van der Waals surface area contributed by atoms with Crippen LogP contribution in [0.5, 0.6) is 5.75 Å². The molecule has 1 saturated heterocycles. The number of methoxy groups -OCH3 is 1. The van der Waals surface area contributed by atoms with Crippen LogP contribution in [0, 0.1) is 0 Å². The lowest BCUT2D eigenvalue weighted by Gasteiger charge is -2.25. The van der Waals surface area contributed by atoms with E-state index in [4.69, 9.17) is 4.74 Å². The topological polar surface area (TPSA) is 66.9 Å². The Morgan fingerprint density at radius 2 is 1.81 bits per heavy atom. The number of anilines is 1. The zero-order chi connectivity index (χ0) is 18.3. The Morgan fingerprint density at radius 3 is 2.62 bits per heavy atom. The van der Waals surface area contributed by atoms with Gasteiger partial charge in [0, 0.05) is 6.54 Å². The number of carbonyl (C=O) groups is 3. The second-order valence-electron chi connectivity index (χ2n) is 6.35. The van der Waals surface area contributed by atoms with Crippen LogP contribution in [0.2, 0.25) is 0 Å². The predicted octanol–water partition coefficient (Wildman–Crippen LogP) is 2.49. The first-order valence-electron chi connectivity index (χ1n) is 8.55. The van der Waals surface area contributed by atoms with Crippen LogP contribution in [-0.4, -0.2) is 42.3 Å². The molecule has 1 atom stereocenters. The number of carbonyl (C=O) groups excluding carboxylic acids is 3. The van der Waals surface area contributed by atoms with Crippen molar-refractivity contribution in [1.29, 1.82) is 0 Å². The SMILES string of the molecule is COc1ccccc1C(=O)N1C(=O)[C@@H]2CCCN2C(=O)c2ccccc21. The zero-order valence-electron chi connectivity index (χ0n) is 14.3. The van der Waals surface area contributed by atoms with Crippen LogP contribution in [0.3, 0.4) is 0 Å². The number of rotatable bonds is 2. The average molecular weight is 350 g/mol. The first-order chi connectivity index (χ1) is 12.6. The molecule has 6 nitrogen and oxygen atoms in total. The molecule has 1 fully saturated rings. The molecule has 0 unspecified atom stereocenters. The second kappa shape index (κ2) is 6.29. The van der Waals surface area contributed by atoms with Gasteiger partial charge < -0.3 is 9.64 Å². The van der Waals surface area contributed by atoms with E-state index in [1.807, 2.05) is 0 Å². The van der Waals surface area contributed by atoms with Crippen molar-refractivity contribution in [3.63, 3.8) is 0 Å². The maximum atomic E-state index is 13.3. The Morgan fingerprint density at radius 1 is 1.08 bits per heavy atom. The van der Waals surface area contributed by atoms with Crippen molar-refractivity contribution in [3.8, 4) is 5.75 Å². The average Bonchev–Trinajstić information content (AvgIpc) is 3.14. The van der Waals surface area contributed by atoms with Crippen LogP contribution in [0.1, 0.15) is 33.6 Å². The fourth-order valence-electron chi connectivity index (χ4n) is 3.69. The van der Waals surface area contributed by atoms with Gasteiger partial charge >= 0.3 is 0 Å². The summed E-state index contributed by atoms with van der Waals surface area (Å²) in [4.78, 5) is 42.1. The van der Waals surface area contributed by atoms with E-state index in [1.165, 1.54) is 7.11 Å². The van der Waals surface area contributed by atoms with Gasteiger partial charge in [0.1, 0.15) is 11.8 Å². The van der Waals surface area contributed by atoms with Crippen LogP contribution in [-0.2, 0) is 4.79 Å². The highest BCUT2D eigenvalue weighted by atomic mass is 16.5. The maximum Gasteiger partial charge on any atom is 0.268 e. The number of imide groups is 1. The molecule has 0 aliphatic carbocycles. The number of nitrogens with zero attached hydrogens (tertiary/aromatic N) is 2. The zero-order valence-corrected chi connectivity index (χ0v) is 14.3. The van der Waals surface area contributed by atoms with Gasteiger partial charge in [-0.15, -0.1) is 0 Å². The minimum atomic E-state index is -0.603. The van der Waals surface area contributed by atoms with Gasteiger partial charge in [0.2, 0.25) is 0 Å². The number of benzene rings is 2. The van der Waals surface area contributed by atoms with Crippen molar-refractivity contribution >= 4 is 23.4 Å². The predicted molar refractivity (Wildman–Crippen MR) is 95.3 cm³/mol. The molecule has 0 N–H and O–H groups in total. The van der Waals surface area contributed by atoms with E-state index in [9.17, 15) is 14.4 Å². The summed E-state index contributed by atoms with van der Waals surface area (Å²) in [6.45, 7) is 0.528. The van der Waals surface area contributed by atoms with E-state index in [0.717, 1.165) is 11.3 Å². The molecule has 3 amide bonds. The Hall–Kier alpha value is -3.15. The third kappa shape index (κ3) is 2.37. The number of ether oxygens (including phenoxy) is 1. The van der Waals surface area contributed by atoms with Gasteiger partial charge in [0.05, 0.1) is 23.9 Å². The molecule has 2 aliphatic rings. The molecule has 2 aromatic rings. The molecule has 0 radical (unpaired) electrons. The smallest absolute Gasteiger partial charge is 0.268 e. The molecular formula is C20H18N2O4. The van der Waals surface area contributed by atoms with Crippen molar-refractivity contribution in [2.24, 2.45) is 0 Å². The fourth-order valence-corrected chi connectivity index (χ4v) is 3.69. The first-order valence-corrected chi connectivity index (χ1v) is 8.55. The van der Waals surface area contributed by atoms with E-state index in [0.29, 0.717) is 30.0 Å². The van der Waals surface area contributed by atoms with Gasteiger partial charge in [-0.1, -0.05) is 24.3 Å². The molecule has 26 heavy (non-hydrogen) atoms. The molecule has 0 aromatic heterocycles. The van der Waals surface area contributed by atoms with Gasteiger partial charge in [-0.2, -0.15) is 0 Å². The number of para-hydroxylation sites is 2. The lowest BCUT2D eigenvalue weighted by molar-refractivity contribution is -0.121. The summed E-state index contributed by atoms with van der Waals surface area (Å²) in [5.41, 5.74) is 0.985. The highest BCUT2D eigenvalue weighted by Gasteiger charge is 2.44. The molecule has 0 bridgehead atoms. The monoisotopic (exact) mass is 350 g/mol. The number of amides is 3. The van der Waals surface area contributed by atoms with E-state index in [-0.39, 0.29) is 17.4 Å². The molecule has 132 valence electrons.